The summed E-state index contributed by atoms with van der Waals surface area (Å²) in [5.74, 6) is 0. The van der Waals surface area contributed by atoms with Crippen molar-refractivity contribution < 1.29 is 4.92 Å². The van der Waals surface area contributed by atoms with Crippen molar-refractivity contribution in [3.63, 3.8) is 0 Å². The van der Waals surface area contributed by atoms with E-state index in [9.17, 15) is 10.1 Å². The normalized spacial score (nSPS) is 10.2. The Balaban J connectivity index is 2.65. The van der Waals surface area contributed by atoms with Gasteiger partial charge in [0.25, 0.3) is 5.69 Å². The lowest BCUT2D eigenvalue weighted by Gasteiger charge is -2.08. The summed E-state index contributed by atoms with van der Waals surface area (Å²) >= 11 is 0. The Morgan fingerprint density at radius 1 is 1.18 bits per heavy atom. The zero-order valence-corrected chi connectivity index (χ0v) is 9.38. The van der Waals surface area contributed by atoms with Crippen LogP contribution in [-0.2, 0) is 0 Å². The van der Waals surface area contributed by atoms with Crippen LogP contribution in [0.1, 0.15) is 5.56 Å². The van der Waals surface area contributed by atoms with Crippen LogP contribution in [0.15, 0.2) is 42.5 Å². The van der Waals surface area contributed by atoms with Gasteiger partial charge in [0, 0.05) is 23.4 Å². The molecule has 0 aliphatic carbocycles. The molecule has 2 rings (SSSR count). The fourth-order valence-electron chi connectivity index (χ4n) is 1.74. The molecular formula is C13H12N2O2. The van der Waals surface area contributed by atoms with Crippen LogP contribution in [0.25, 0.3) is 11.1 Å². The number of nitro benzene ring substituents is 1. The summed E-state index contributed by atoms with van der Waals surface area (Å²) in [5.41, 5.74) is 8.92. The second kappa shape index (κ2) is 4.25. The minimum absolute atomic E-state index is 0.0653. The molecule has 0 radical (unpaired) electrons. The third kappa shape index (κ3) is 2.10. The van der Waals surface area contributed by atoms with E-state index in [4.69, 9.17) is 5.73 Å². The zero-order valence-electron chi connectivity index (χ0n) is 9.38. The Kier molecular flexibility index (Phi) is 2.78. The van der Waals surface area contributed by atoms with E-state index < -0.39 is 4.92 Å². The molecule has 0 saturated heterocycles. The van der Waals surface area contributed by atoms with Crippen molar-refractivity contribution in [2.45, 2.75) is 6.92 Å². The van der Waals surface area contributed by atoms with Crippen molar-refractivity contribution in [1.82, 2.24) is 0 Å². The van der Waals surface area contributed by atoms with Gasteiger partial charge in [0.05, 0.1) is 4.92 Å². The molecule has 2 N–H and O–H groups in total. The predicted molar refractivity (Wildman–Crippen MR) is 67.7 cm³/mol. The van der Waals surface area contributed by atoms with Gasteiger partial charge in [0.1, 0.15) is 0 Å². The monoisotopic (exact) mass is 228 g/mol. The Hall–Kier alpha value is -2.36. The minimum Gasteiger partial charge on any atom is -0.398 e. The average Bonchev–Trinajstić information content (AvgIpc) is 2.33. The molecule has 2 aromatic rings. The van der Waals surface area contributed by atoms with E-state index in [1.54, 1.807) is 6.92 Å². The van der Waals surface area contributed by atoms with Gasteiger partial charge < -0.3 is 5.73 Å². The Morgan fingerprint density at radius 3 is 2.41 bits per heavy atom. The number of non-ortho nitro benzene ring substituents is 1. The highest BCUT2D eigenvalue weighted by molar-refractivity contribution is 5.80. The molecule has 0 unspecified atom stereocenters. The van der Waals surface area contributed by atoms with Gasteiger partial charge in [-0.25, -0.2) is 0 Å². The average molecular weight is 228 g/mol. The zero-order chi connectivity index (χ0) is 12.4. The van der Waals surface area contributed by atoms with Crippen LogP contribution < -0.4 is 5.73 Å². The van der Waals surface area contributed by atoms with E-state index >= 15 is 0 Å². The Bertz CT molecular complexity index is 565. The highest BCUT2D eigenvalue weighted by atomic mass is 16.6. The molecule has 17 heavy (non-hydrogen) atoms. The lowest BCUT2D eigenvalue weighted by atomic mass is 10.00. The van der Waals surface area contributed by atoms with E-state index in [0.29, 0.717) is 11.3 Å². The Morgan fingerprint density at radius 2 is 1.82 bits per heavy atom. The molecule has 0 spiro atoms. The molecule has 0 atom stereocenters. The second-order valence-corrected chi connectivity index (χ2v) is 3.85. The van der Waals surface area contributed by atoms with Crippen molar-refractivity contribution in [2.24, 2.45) is 0 Å². The first-order chi connectivity index (χ1) is 8.09. The number of aryl methyl sites for hydroxylation is 1. The van der Waals surface area contributed by atoms with Gasteiger partial charge in [0.15, 0.2) is 0 Å². The fourth-order valence-corrected chi connectivity index (χ4v) is 1.74. The summed E-state index contributed by atoms with van der Waals surface area (Å²) in [6.45, 7) is 1.77. The van der Waals surface area contributed by atoms with E-state index in [2.05, 4.69) is 0 Å². The number of rotatable bonds is 2. The van der Waals surface area contributed by atoms with Gasteiger partial charge in [-0.05, 0) is 18.1 Å². The molecule has 0 fully saturated rings. The molecule has 4 heteroatoms. The molecular weight excluding hydrogens is 216 g/mol. The van der Waals surface area contributed by atoms with E-state index in [1.165, 1.54) is 12.1 Å². The smallest absolute Gasteiger partial charge is 0.270 e. The van der Waals surface area contributed by atoms with Gasteiger partial charge in [-0.15, -0.1) is 0 Å². The summed E-state index contributed by atoms with van der Waals surface area (Å²) in [7, 11) is 0. The fraction of sp³-hybridized carbons (Fsp3) is 0.0769. The third-order valence-corrected chi connectivity index (χ3v) is 2.67. The predicted octanol–water partition coefficient (Wildman–Crippen LogP) is 3.15. The maximum absolute atomic E-state index is 10.8. The van der Waals surface area contributed by atoms with Gasteiger partial charge in [-0.3, -0.25) is 10.1 Å². The van der Waals surface area contributed by atoms with Crippen LogP contribution in [0.5, 0.6) is 0 Å². The van der Waals surface area contributed by atoms with Gasteiger partial charge >= 0.3 is 0 Å². The lowest BCUT2D eigenvalue weighted by molar-refractivity contribution is -0.384. The molecule has 0 aromatic heterocycles. The summed E-state index contributed by atoms with van der Waals surface area (Å²) in [6, 6.07) is 12.4. The summed E-state index contributed by atoms with van der Waals surface area (Å²) in [4.78, 5) is 10.4. The van der Waals surface area contributed by atoms with Gasteiger partial charge in [-0.2, -0.15) is 0 Å². The van der Waals surface area contributed by atoms with Crippen molar-refractivity contribution >= 4 is 11.4 Å². The summed E-state index contributed by atoms with van der Waals surface area (Å²) in [5, 5.41) is 10.8. The van der Waals surface area contributed by atoms with Crippen LogP contribution in [0, 0.1) is 17.0 Å². The maximum Gasteiger partial charge on any atom is 0.270 e. The van der Waals surface area contributed by atoms with Crippen LogP contribution in [-0.4, -0.2) is 4.92 Å². The first-order valence-corrected chi connectivity index (χ1v) is 5.19. The van der Waals surface area contributed by atoms with Crippen LogP contribution in [0.4, 0.5) is 11.4 Å². The number of hydrogen-bond donors (Lipinski definition) is 1. The molecule has 0 amide bonds. The molecule has 0 saturated carbocycles. The first-order valence-electron chi connectivity index (χ1n) is 5.19. The van der Waals surface area contributed by atoms with Crippen molar-refractivity contribution in [1.29, 1.82) is 0 Å². The molecule has 0 bridgehead atoms. The quantitative estimate of drug-likeness (QED) is 0.487. The number of nitrogens with zero attached hydrogens (tertiary/aromatic N) is 1. The number of nitrogens with two attached hydrogens (primary N) is 1. The van der Waals surface area contributed by atoms with Crippen LogP contribution in [0.3, 0.4) is 0 Å². The summed E-state index contributed by atoms with van der Waals surface area (Å²) < 4.78 is 0. The molecule has 2 aromatic carbocycles. The van der Waals surface area contributed by atoms with Crippen molar-refractivity contribution in [3.8, 4) is 11.1 Å². The molecule has 4 nitrogen and oxygen atoms in total. The highest BCUT2D eigenvalue weighted by Crippen LogP contribution is 2.32. The molecule has 0 aliphatic heterocycles. The van der Waals surface area contributed by atoms with Crippen LogP contribution in [0.2, 0.25) is 0 Å². The van der Waals surface area contributed by atoms with Gasteiger partial charge in [0.2, 0.25) is 0 Å². The highest BCUT2D eigenvalue weighted by Gasteiger charge is 2.13. The number of hydrogen-bond acceptors (Lipinski definition) is 3. The number of nitrogen functional groups attached to an aromatic ring is 1. The SMILES string of the molecule is Cc1cc([N+](=O)[O-])cc(-c2ccccc2)c1N. The molecule has 0 heterocycles. The first kappa shape index (κ1) is 11.1. The molecule has 86 valence electrons. The lowest BCUT2D eigenvalue weighted by Crippen LogP contribution is -1.97. The maximum atomic E-state index is 10.8. The third-order valence-electron chi connectivity index (χ3n) is 2.67. The van der Waals surface area contributed by atoms with Crippen molar-refractivity contribution in [3.05, 3.63) is 58.1 Å². The number of anilines is 1. The molecule has 0 aliphatic rings. The van der Waals surface area contributed by atoms with Crippen LogP contribution >= 0.6 is 0 Å². The van der Waals surface area contributed by atoms with Gasteiger partial charge in [-0.1, -0.05) is 30.3 Å². The van der Waals surface area contributed by atoms with E-state index in [1.807, 2.05) is 30.3 Å². The Labute approximate surface area is 98.8 Å². The second-order valence-electron chi connectivity index (χ2n) is 3.85. The standard InChI is InChI=1S/C13H12N2O2/c1-9-7-11(15(16)17)8-12(13(9)14)10-5-3-2-4-6-10/h2-8H,14H2,1H3. The number of nitro groups is 1. The van der Waals surface area contributed by atoms with Crippen molar-refractivity contribution in [2.75, 3.05) is 5.73 Å². The largest absolute Gasteiger partial charge is 0.398 e. The van der Waals surface area contributed by atoms with E-state index in [-0.39, 0.29) is 5.69 Å². The summed E-state index contributed by atoms with van der Waals surface area (Å²) in [6.07, 6.45) is 0. The van der Waals surface area contributed by atoms with E-state index in [0.717, 1.165) is 11.1 Å². The number of benzene rings is 2. The topological polar surface area (TPSA) is 69.2 Å². The minimum atomic E-state index is -0.404.